The Morgan fingerprint density at radius 2 is 2.12 bits per heavy atom. The van der Waals surface area contributed by atoms with Crippen molar-refractivity contribution in [3.8, 4) is 6.07 Å². The molecule has 0 amide bonds. The summed E-state index contributed by atoms with van der Waals surface area (Å²) in [6.07, 6.45) is 1.33. The summed E-state index contributed by atoms with van der Waals surface area (Å²) in [6.45, 7) is 5.02. The van der Waals surface area contributed by atoms with Crippen LogP contribution in [0.1, 0.15) is 18.5 Å². The molecule has 7 heteroatoms. The summed E-state index contributed by atoms with van der Waals surface area (Å²) in [5.74, 6) is -1.91. The van der Waals surface area contributed by atoms with Crippen molar-refractivity contribution in [1.82, 2.24) is 4.90 Å². The van der Waals surface area contributed by atoms with Crippen molar-refractivity contribution in [3.63, 3.8) is 0 Å². The van der Waals surface area contributed by atoms with E-state index in [2.05, 4.69) is 9.89 Å². The Labute approximate surface area is 146 Å². The molecule has 1 aromatic rings. The van der Waals surface area contributed by atoms with Gasteiger partial charge in [0.15, 0.2) is 5.92 Å². The van der Waals surface area contributed by atoms with E-state index in [1.807, 2.05) is 6.07 Å². The van der Waals surface area contributed by atoms with Gasteiger partial charge in [-0.1, -0.05) is 12.1 Å². The number of nitriles is 1. The number of rotatable bonds is 7. The van der Waals surface area contributed by atoms with Gasteiger partial charge in [-0.2, -0.15) is 5.26 Å². The smallest absolute Gasteiger partial charge is 0.328 e. The molecule has 1 aliphatic rings. The molecule has 0 radical (unpaired) electrons. The van der Waals surface area contributed by atoms with Crippen LogP contribution < -0.4 is 0 Å². The highest BCUT2D eigenvalue weighted by Gasteiger charge is 2.23. The molecule has 1 heterocycles. The molecule has 0 spiro atoms. The highest BCUT2D eigenvalue weighted by atomic mass is 19.1. The van der Waals surface area contributed by atoms with Crippen molar-refractivity contribution in [1.29, 1.82) is 5.26 Å². The van der Waals surface area contributed by atoms with E-state index in [1.54, 1.807) is 19.1 Å². The lowest BCUT2D eigenvalue weighted by Gasteiger charge is -2.34. The molecule has 1 fully saturated rings. The van der Waals surface area contributed by atoms with Crippen LogP contribution in [0.4, 0.5) is 4.39 Å². The van der Waals surface area contributed by atoms with Crippen molar-refractivity contribution in [2.24, 2.45) is 10.9 Å². The fourth-order valence-corrected chi connectivity index (χ4v) is 2.65. The molecule has 1 aromatic carbocycles. The lowest BCUT2D eigenvalue weighted by atomic mass is 10.0. The van der Waals surface area contributed by atoms with Crippen LogP contribution in [0.25, 0.3) is 0 Å². The Kier molecular flexibility index (Phi) is 7.51. The topological polar surface area (TPSA) is 74.9 Å². The van der Waals surface area contributed by atoms with Crippen LogP contribution in [0.15, 0.2) is 29.3 Å². The van der Waals surface area contributed by atoms with Gasteiger partial charge in [0.2, 0.25) is 0 Å². The summed E-state index contributed by atoms with van der Waals surface area (Å²) in [5, 5.41) is 9.07. The van der Waals surface area contributed by atoms with Gasteiger partial charge in [0.1, 0.15) is 5.82 Å². The predicted molar refractivity (Wildman–Crippen MR) is 90.6 cm³/mol. The Morgan fingerprint density at radius 1 is 1.44 bits per heavy atom. The summed E-state index contributed by atoms with van der Waals surface area (Å²) < 4.78 is 23.4. The van der Waals surface area contributed by atoms with E-state index in [0.29, 0.717) is 19.8 Å². The number of hydrogen-bond donors (Lipinski definition) is 0. The zero-order valence-electron chi connectivity index (χ0n) is 14.2. The molecule has 1 saturated heterocycles. The third-order valence-electron chi connectivity index (χ3n) is 3.95. The van der Waals surface area contributed by atoms with Crippen molar-refractivity contribution in [2.45, 2.75) is 13.0 Å². The monoisotopic (exact) mass is 347 g/mol. The molecule has 2 rings (SSSR count). The fourth-order valence-electron chi connectivity index (χ4n) is 2.65. The first kappa shape index (κ1) is 19.0. The molecule has 134 valence electrons. The number of esters is 1. The number of carbonyl (C=O) groups excluding carboxylic acids is 1. The van der Waals surface area contributed by atoms with Crippen LogP contribution in [-0.2, 0) is 14.3 Å². The van der Waals surface area contributed by atoms with Crippen LogP contribution in [0.2, 0.25) is 0 Å². The van der Waals surface area contributed by atoms with Gasteiger partial charge in [-0.15, -0.1) is 0 Å². The lowest BCUT2D eigenvalue weighted by molar-refractivity contribution is -0.143. The number of carbonyl (C=O) groups is 1. The second-order valence-electron chi connectivity index (χ2n) is 5.59. The van der Waals surface area contributed by atoms with E-state index in [-0.39, 0.29) is 18.5 Å². The Hall–Kier alpha value is -2.30. The lowest BCUT2D eigenvalue weighted by Crippen LogP contribution is -2.40. The zero-order chi connectivity index (χ0) is 18.1. The van der Waals surface area contributed by atoms with Gasteiger partial charge in [0.05, 0.1) is 38.5 Å². The van der Waals surface area contributed by atoms with Gasteiger partial charge < -0.3 is 9.47 Å². The maximum atomic E-state index is 13.2. The van der Waals surface area contributed by atoms with Crippen molar-refractivity contribution >= 4 is 12.2 Å². The number of aliphatic imine (C=N–C) groups is 1. The molecule has 25 heavy (non-hydrogen) atoms. The first-order valence-corrected chi connectivity index (χ1v) is 8.29. The highest BCUT2D eigenvalue weighted by Crippen LogP contribution is 2.22. The molecule has 0 saturated carbocycles. The summed E-state index contributed by atoms with van der Waals surface area (Å²) in [6, 6.07) is 8.12. The third kappa shape index (κ3) is 5.62. The first-order valence-electron chi connectivity index (χ1n) is 8.29. The minimum atomic E-state index is -1.02. The summed E-state index contributed by atoms with van der Waals surface area (Å²) in [7, 11) is 0. The average molecular weight is 347 g/mol. The van der Waals surface area contributed by atoms with Gasteiger partial charge in [-0.05, 0) is 24.6 Å². The second-order valence-corrected chi connectivity index (χ2v) is 5.59. The minimum Gasteiger partial charge on any atom is -0.465 e. The maximum Gasteiger partial charge on any atom is 0.328 e. The Bertz CT molecular complexity index is 621. The van der Waals surface area contributed by atoms with Crippen molar-refractivity contribution < 1.29 is 18.7 Å². The van der Waals surface area contributed by atoms with Gasteiger partial charge >= 0.3 is 5.97 Å². The molecule has 0 aromatic heterocycles. The van der Waals surface area contributed by atoms with Gasteiger partial charge in [-0.25, -0.2) is 4.39 Å². The Morgan fingerprint density at radius 3 is 2.72 bits per heavy atom. The molecule has 2 atom stereocenters. The molecular formula is C18H22FN3O3. The number of morpholine rings is 1. The van der Waals surface area contributed by atoms with Crippen LogP contribution in [0.3, 0.4) is 0 Å². The number of hydrogen-bond acceptors (Lipinski definition) is 6. The molecular weight excluding hydrogens is 325 g/mol. The van der Waals surface area contributed by atoms with E-state index in [1.165, 1.54) is 18.3 Å². The second kappa shape index (κ2) is 9.87. The molecule has 0 bridgehead atoms. The van der Waals surface area contributed by atoms with Crippen molar-refractivity contribution in [3.05, 3.63) is 35.6 Å². The molecule has 0 aliphatic carbocycles. The average Bonchev–Trinajstić information content (AvgIpc) is 2.64. The van der Waals surface area contributed by atoms with Gasteiger partial charge in [0, 0.05) is 19.3 Å². The van der Waals surface area contributed by atoms with Crippen LogP contribution in [-0.4, -0.2) is 56.5 Å². The normalized spacial score (nSPS) is 17.8. The highest BCUT2D eigenvalue weighted by molar-refractivity contribution is 5.92. The minimum absolute atomic E-state index is 0.0673. The largest absolute Gasteiger partial charge is 0.465 e. The number of benzene rings is 1. The summed E-state index contributed by atoms with van der Waals surface area (Å²) in [5.41, 5.74) is 0.935. The van der Waals surface area contributed by atoms with E-state index in [9.17, 15) is 9.18 Å². The quantitative estimate of drug-likeness (QED) is 0.557. The fraction of sp³-hybridized carbons (Fsp3) is 0.500. The summed E-state index contributed by atoms with van der Waals surface area (Å²) >= 11 is 0. The van der Waals surface area contributed by atoms with Crippen LogP contribution >= 0.6 is 0 Å². The number of nitrogens with zero attached hydrogens (tertiary/aromatic N) is 3. The maximum absolute atomic E-state index is 13.2. The Balaban J connectivity index is 2.10. The van der Waals surface area contributed by atoms with Crippen LogP contribution in [0, 0.1) is 23.1 Å². The van der Waals surface area contributed by atoms with E-state index in [4.69, 9.17) is 14.7 Å². The number of halogens is 1. The van der Waals surface area contributed by atoms with Crippen molar-refractivity contribution in [2.75, 3.05) is 39.5 Å². The third-order valence-corrected chi connectivity index (χ3v) is 3.95. The first-order chi connectivity index (χ1) is 12.2. The van der Waals surface area contributed by atoms with Gasteiger partial charge in [-0.3, -0.25) is 14.7 Å². The molecule has 6 nitrogen and oxygen atoms in total. The summed E-state index contributed by atoms with van der Waals surface area (Å²) in [4.78, 5) is 18.2. The standard InChI is InChI=1S/C18H22FN3O3/c1-2-25-18(23)15(11-20)12-21-13-17(22-7-9-24-10-8-22)14-3-5-16(19)6-4-14/h3-6,12,15,17H,2,7-10,13H2,1H3/t15-,17-/m0/s1. The van der Waals surface area contributed by atoms with Gasteiger partial charge in [0.25, 0.3) is 0 Å². The predicted octanol–water partition coefficient (Wildman–Crippen LogP) is 1.97. The zero-order valence-corrected chi connectivity index (χ0v) is 14.2. The van der Waals surface area contributed by atoms with E-state index >= 15 is 0 Å². The molecule has 0 N–H and O–H groups in total. The van der Waals surface area contributed by atoms with E-state index in [0.717, 1.165) is 18.7 Å². The molecule has 0 unspecified atom stereocenters. The van der Waals surface area contributed by atoms with E-state index < -0.39 is 11.9 Å². The SMILES string of the molecule is CCOC(=O)[C@@H](C#N)C=NC[C@@H](c1ccc(F)cc1)N1CCOCC1. The van der Waals surface area contributed by atoms with Crippen LogP contribution in [0.5, 0.6) is 0 Å². The number of ether oxygens (including phenoxy) is 2. The molecule has 1 aliphatic heterocycles.